The third-order valence-electron chi connectivity index (χ3n) is 1.76. The second-order valence-electron chi connectivity index (χ2n) is 2.95. The molecule has 1 aromatic rings. The standard InChI is InChI=1S/C7H11F2N3/c1-7(10,5(8)9)6-11-3-4-12(6)2/h3-5H,10H2,1-2H3. The first-order valence-corrected chi connectivity index (χ1v) is 3.51. The van der Waals surface area contributed by atoms with Gasteiger partial charge in [-0.3, -0.25) is 0 Å². The first kappa shape index (κ1) is 9.12. The lowest BCUT2D eigenvalue weighted by molar-refractivity contribution is 0.0561. The molecule has 0 aliphatic carbocycles. The number of aromatic nitrogens is 2. The lowest BCUT2D eigenvalue weighted by Gasteiger charge is -2.22. The van der Waals surface area contributed by atoms with Gasteiger partial charge in [-0.1, -0.05) is 0 Å². The number of rotatable bonds is 2. The minimum absolute atomic E-state index is 0.192. The van der Waals surface area contributed by atoms with Crippen molar-refractivity contribution in [3.63, 3.8) is 0 Å². The van der Waals surface area contributed by atoms with Gasteiger partial charge < -0.3 is 10.3 Å². The molecule has 1 unspecified atom stereocenters. The van der Waals surface area contributed by atoms with Crippen molar-refractivity contribution in [3.8, 4) is 0 Å². The number of aryl methyl sites for hydroxylation is 1. The SMILES string of the molecule is Cn1ccnc1C(C)(N)C(F)F. The number of imidazole rings is 1. The Morgan fingerprint density at radius 1 is 1.67 bits per heavy atom. The molecule has 0 spiro atoms. The van der Waals surface area contributed by atoms with Crippen LogP contribution in [0.3, 0.4) is 0 Å². The van der Waals surface area contributed by atoms with Crippen LogP contribution >= 0.6 is 0 Å². The van der Waals surface area contributed by atoms with Crippen molar-refractivity contribution in [2.75, 3.05) is 0 Å². The summed E-state index contributed by atoms with van der Waals surface area (Å²) in [5.41, 5.74) is 3.72. The number of halogens is 2. The minimum atomic E-state index is -2.61. The minimum Gasteiger partial charge on any atom is -0.336 e. The molecular formula is C7H11F2N3. The van der Waals surface area contributed by atoms with Gasteiger partial charge >= 0.3 is 0 Å². The molecule has 5 heteroatoms. The molecule has 1 atom stereocenters. The maximum Gasteiger partial charge on any atom is 0.263 e. The first-order chi connectivity index (χ1) is 5.46. The molecule has 1 heterocycles. The zero-order valence-electron chi connectivity index (χ0n) is 6.96. The van der Waals surface area contributed by atoms with E-state index in [9.17, 15) is 8.78 Å². The molecule has 1 rings (SSSR count). The molecule has 68 valence electrons. The van der Waals surface area contributed by atoms with Crippen molar-refractivity contribution in [3.05, 3.63) is 18.2 Å². The molecule has 3 nitrogen and oxygen atoms in total. The van der Waals surface area contributed by atoms with Gasteiger partial charge in [-0.15, -0.1) is 0 Å². The summed E-state index contributed by atoms with van der Waals surface area (Å²) < 4.78 is 26.2. The van der Waals surface area contributed by atoms with Crippen LogP contribution in [0.5, 0.6) is 0 Å². The average Bonchev–Trinajstić information content (AvgIpc) is 2.35. The number of nitrogens with two attached hydrogens (primary N) is 1. The second kappa shape index (κ2) is 2.82. The van der Waals surface area contributed by atoms with Crippen molar-refractivity contribution in [2.45, 2.75) is 18.9 Å². The van der Waals surface area contributed by atoms with E-state index in [-0.39, 0.29) is 5.82 Å². The molecule has 0 radical (unpaired) electrons. The fourth-order valence-corrected chi connectivity index (χ4v) is 0.982. The average molecular weight is 175 g/mol. The predicted molar refractivity (Wildman–Crippen MR) is 40.8 cm³/mol. The van der Waals surface area contributed by atoms with Crippen LogP contribution in [0.25, 0.3) is 0 Å². The lowest BCUT2D eigenvalue weighted by Crippen LogP contribution is -2.42. The highest BCUT2D eigenvalue weighted by Gasteiger charge is 2.35. The Morgan fingerprint density at radius 3 is 2.58 bits per heavy atom. The summed E-state index contributed by atoms with van der Waals surface area (Å²) in [5, 5.41) is 0. The van der Waals surface area contributed by atoms with Crippen LogP contribution in [0, 0.1) is 0 Å². The maximum atomic E-state index is 12.4. The van der Waals surface area contributed by atoms with E-state index in [1.165, 1.54) is 17.7 Å². The van der Waals surface area contributed by atoms with Crippen molar-refractivity contribution in [1.29, 1.82) is 0 Å². The molecule has 0 aliphatic rings. The number of nitrogens with zero attached hydrogens (tertiary/aromatic N) is 2. The van der Waals surface area contributed by atoms with Crippen LogP contribution in [0.4, 0.5) is 8.78 Å². The zero-order valence-corrected chi connectivity index (χ0v) is 6.96. The van der Waals surface area contributed by atoms with E-state index in [1.807, 2.05) is 0 Å². The van der Waals surface area contributed by atoms with Gasteiger partial charge in [-0.05, 0) is 6.92 Å². The van der Waals surface area contributed by atoms with E-state index in [2.05, 4.69) is 4.98 Å². The van der Waals surface area contributed by atoms with Gasteiger partial charge in [0.05, 0.1) is 0 Å². The molecule has 1 aromatic heterocycles. The van der Waals surface area contributed by atoms with Gasteiger partial charge in [0.1, 0.15) is 11.4 Å². The van der Waals surface area contributed by atoms with Crippen molar-refractivity contribution in [2.24, 2.45) is 12.8 Å². The third kappa shape index (κ3) is 1.32. The lowest BCUT2D eigenvalue weighted by atomic mass is 10.0. The van der Waals surface area contributed by atoms with E-state index in [4.69, 9.17) is 5.73 Å². The van der Waals surface area contributed by atoms with Crippen LogP contribution in [0.2, 0.25) is 0 Å². The molecule has 0 bridgehead atoms. The molecular weight excluding hydrogens is 164 g/mol. The van der Waals surface area contributed by atoms with E-state index in [0.29, 0.717) is 0 Å². The van der Waals surface area contributed by atoms with E-state index >= 15 is 0 Å². The van der Waals surface area contributed by atoms with E-state index in [0.717, 1.165) is 0 Å². The van der Waals surface area contributed by atoms with Crippen LogP contribution in [0.1, 0.15) is 12.7 Å². The van der Waals surface area contributed by atoms with Gasteiger partial charge in [0.2, 0.25) is 0 Å². The molecule has 0 aromatic carbocycles. The monoisotopic (exact) mass is 175 g/mol. The van der Waals surface area contributed by atoms with E-state index in [1.54, 1.807) is 13.2 Å². The highest BCUT2D eigenvalue weighted by molar-refractivity contribution is 5.06. The summed E-state index contributed by atoms with van der Waals surface area (Å²) in [6.45, 7) is 1.26. The number of hydrogen-bond acceptors (Lipinski definition) is 2. The number of alkyl halides is 2. The van der Waals surface area contributed by atoms with Gasteiger partial charge in [0.15, 0.2) is 0 Å². The van der Waals surface area contributed by atoms with E-state index < -0.39 is 12.0 Å². The fourth-order valence-electron chi connectivity index (χ4n) is 0.982. The highest BCUT2D eigenvalue weighted by atomic mass is 19.3. The van der Waals surface area contributed by atoms with Crippen molar-refractivity contribution in [1.82, 2.24) is 9.55 Å². The Kier molecular flexibility index (Phi) is 2.14. The van der Waals surface area contributed by atoms with Gasteiger partial charge in [-0.25, -0.2) is 13.8 Å². The molecule has 0 amide bonds. The topological polar surface area (TPSA) is 43.8 Å². The van der Waals surface area contributed by atoms with Crippen LogP contribution < -0.4 is 5.73 Å². The molecule has 0 saturated heterocycles. The molecule has 0 aliphatic heterocycles. The van der Waals surface area contributed by atoms with Gasteiger partial charge in [0.25, 0.3) is 6.43 Å². The van der Waals surface area contributed by atoms with Crippen LogP contribution in [-0.2, 0) is 12.6 Å². The largest absolute Gasteiger partial charge is 0.336 e. The number of hydrogen-bond donors (Lipinski definition) is 1. The summed E-state index contributed by atoms with van der Waals surface area (Å²) >= 11 is 0. The summed E-state index contributed by atoms with van der Waals surface area (Å²) in [6, 6.07) is 0. The Morgan fingerprint density at radius 2 is 2.25 bits per heavy atom. The molecule has 0 fully saturated rings. The smallest absolute Gasteiger partial charge is 0.263 e. The second-order valence-corrected chi connectivity index (χ2v) is 2.95. The fraction of sp³-hybridized carbons (Fsp3) is 0.571. The predicted octanol–water partition coefficient (Wildman–Crippen LogP) is 0.859. The van der Waals surface area contributed by atoms with Gasteiger partial charge in [0, 0.05) is 19.4 Å². The van der Waals surface area contributed by atoms with Gasteiger partial charge in [-0.2, -0.15) is 0 Å². The summed E-state index contributed by atoms with van der Waals surface area (Å²) in [5.74, 6) is 0.192. The summed E-state index contributed by atoms with van der Waals surface area (Å²) in [7, 11) is 1.63. The van der Waals surface area contributed by atoms with Crippen molar-refractivity contribution < 1.29 is 8.78 Å². The quantitative estimate of drug-likeness (QED) is 0.724. The Balaban J connectivity index is 3.05. The zero-order chi connectivity index (χ0) is 9.35. The maximum absolute atomic E-state index is 12.4. The molecule has 0 saturated carbocycles. The molecule has 12 heavy (non-hydrogen) atoms. The molecule has 2 N–H and O–H groups in total. The Labute approximate surface area is 69.2 Å². The highest BCUT2D eigenvalue weighted by Crippen LogP contribution is 2.22. The Hall–Kier alpha value is -0.970. The summed E-state index contributed by atoms with van der Waals surface area (Å²) in [6.07, 6.45) is 0.421. The summed E-state index contributed by atoms with van der Waals surface area (Å²) in [4.78, 5) is 3.77. The first-order valence-electron chi connectivity index (χ1n) is 3.51. The van der Waals surface area contributed by atoms with Crippen molar-refractivity contribution >= 4 is 0 Å². The normalized spacial score (nSPS) is 16.5. The third-order valence-corrected chi connectivity index (χ3v) is 1.76. The Bertz CT molecular complexity index is 267. The van der Waals surface area contributed by atoms with Crippen LogP contribution in [0.15, 0.2) is 12.4 Å². The van der Waals surface area contributed by atoms with Crippen LogP contribution in [-0.4, -0.2) is 16.0 Å².